The van der Waals surface area contributed by atoms with Crippen LogP contribution in [0.4, 0.5) is 0 Å². The average molecular weight is 705 g/mol. The van der Waals surface area contributed by atoms with E-state index in [-0.39, 0.29) is 0 Å². The summed E-state index contributed by atoms with van der Waals surface area (Å²) in [6.45, 7) is 0. The van der Waals surface area contributed by atoms with E-state index in [1.165, 1.54) is 0 Å². The molecular weight excluding hydrogens is 673 g/mol. The molecule has 0 atom stereocenters. The summed E-state index contributed by atoms with van der Waals surface area (Å²) in [4.78, 5) is 20.1. The molecule has 0 unspecified atom stereocenters. The number of hydrogen-bond donors (Lipinski definition) is 0. The average Bonchev–Trinajstić information content (AvgIpc) is 3.68. The van der Waals surface area contributed by atoms with Gasteiger partial charge in [0.25, 0.3) is 0 Å². The molecule has 10 aromatic rings. The fraction of sp³-hybridized carbons (Fsp3) is 0. The Kier molecular flexibility index (Phi) is 8.08. The van der Waals surface area contributed by atoms with Crippen LogP contribution in [0.25, 0.3) is 101 Å². The third-order valence-corrected chi connectivity index (χ3v) is 9.94. The maximum atomic E-state index is 6.95. The second-order valence-electron chi connectivity index (χ2n) is 13.4. The highest BCUT2D eigenvalue weighted by molar-refractivity contribution is 6.17. The molecule has 10 rings (SSSR count). The standard InChI is InChI=1S/C50H32N4O/c1-6-16-34(17-7-1)43-44-45(35-18-8-2-9-19-35)51-42-32-40(30-31-41(42)47(44)55-46(43)36-20-10-3-11-21-36)33-26-28-39(29-27-33)50-53-48(37-22-12-4-13-23-37)52-49(54-50)38-24-14-5-15-25-38/h1-32H. The molecule has 0 radical (unpaired) electrons. The maximum absolute atomic E-state index is 6.95. The van der Waals surface area contributed by atoms with Gasteiger partial charge in [0.1, 0.15) is 11.3 Å². The zero-order valence-electron chi connectivity index (χ0n) is 29.7. The molecule has 0 aliphatic heterocycles. The molecule has 0 bridgehead atoms. The zero-order valence-corrected chi connectivity index (χ0v) is 29.7. The Labute approximate surface area is 318 Å². The number of nitrogens with zero attached hydrogens (tertiary/aromatic N) is 4. The van der Waals surface area contributed by atoms with E-state index in [9.17, 15) is 0 Å². The van der Waals surface area contributed by atoms with Crippen molar-refractivity contribution in [2.75, 3.05) is 0 Å². The molecule has 0 saturated carbocycles. The van der Waals surface area contributed by atoms with Gasteiger partial charge in [-0.05, 0) is 28.8 Å². The molecule has 3 heterocycles. The number of benzene rings is 7. The molecule has 0 aliphatic rings. The molecule has 0 amide bonds. The highest BCUT2D eigenvalue weighted by atomic mass is 16.3. The summed E-state index contributed by atoms with van der Waals surface area (Å²) < 4.78 is 6.95. The summed E-state index contributed by atoms with van der Waals surface area (Å²) in [6, 6.07) is 66.1. The summed E-state index contributed by atoms with van der Waals surface area (Å²) in [7, 11) is 0. The zero-order chi connectivity index (χ0) is 36.6. The fourth-order valence-electron chi connectivity index (χ4n) is 7.25. The number of furan rings is 1. The van der Waals surface area contributed by atoms with E-state index < -0.39 is 0 Å². The van der Waals surface area contributed by atoms with Crippen LogP contribution < -0.4 is 0 Å². The largest absolute Gasteiger partial charge is 0.455 e. The molecule has 0 N–H and O–H groups in total. The molecular formula is C50H32N4O. The summed E-state index contributed by atoms with van der Waals surface area (Å²) >= 11 is 0. The van der Waals surface area contributed by atoms with Crippen LogP contribution in [0.2, 0.25) is 0 Å². The van der Waals surface area contributed by atoms with Crippen molar-refractivity contribution in [1.82, 2.24) is 19.9 Å². The number of pyridine rings is 1. The molecule has 0 aliphatic carbocycles. The van der Waals surface area contributed by atoms with E-state index in [2.05, 4.69) is 115 Å². The van der Waals surface area contributed by atoms with Crippen molar-refractivity contribution in [3.8, 4) is 79.0 Å². The van der Waals surface area contributed by atoms with E-state index in [4.69, 9.17) is 24.4 Å². The van der Waals surface area contributed by atoms with Gasteiger partial charge in [-0.1, -0.05) is 182 Å². The van der Waals surface area contributed by atoms with Gasteiger partial charge in [-0.25, -0.2) is 19.9 Å². The van der Waals surface area contributed by atoms with Gasteiger partial charge in [-0.2, -0.15) is 0 Å². The second kappa shape index (κ2) is 13.8. The van der Waals surface area contributed by atoms with Crippen LogP contribution in [0.15, 0.2) is 199 Å². The molecule has 0 fully saturated rings. The van der Waals surface area contributed by atoms with Crippen molar-refractivity contribution in [3.05, 3.63) is 194 Å². The first-order chi connectivity index (χ1) is 27.3. The Morgan fingerprint density at radius 1 is 0.327 bits per heavy atom. The minimum atomic E-state index is 0.621. The lowest BCUT2D eigenvalue weighted by molar-refractivity contribution is 0.636. The predicted molar refractivity (Wildman–Crippen MR) is 223 cm³/mol. The number of rotatable bonds is 7. The van der Waals surface area contributed by atoms with Crippen LogP contribution in [-0.4, -0.2) is 19.9 Å². The van der Waals surface area contributed by atoms with Gasteiger partial charge >= 0.3 is 0 Å². The molecule has 5 nitrogen and oxygen atoms in total. The Morgan fingerprint density at radius 2 is 0.745 bits per heavy atom. The summed E-state index contributed by atoms with van der Waals surface area (Å²) in [5.41, 5.74) is 11.6. The van der Waals surface area contributed by atoms with Crippen LogP contribution in [0.5, 0.6) is 0 Å². The van der Waals surface area contributed by atoms with Gasteiger partial charge < -0.3 is 4.42 Å². The lowest BCUT2D eigenvalue weighted by Gasteiger charge is -2.11. The van der Waals surface area contributed by atoms with Crippen molar-refractivity contribution in [3.63, 3.8) is 0 Å². The van der Waals surface area contributed by atoms with Crippen LogP contribution in [0, 0.1) is 0 Å². The monoisotopic (exact) mass is 704 g/mol. The lowest BCUT2D eigenvalue weighted by Crippen LogP contribution is -2.00. The molecule has 0 spiro atoms. The third-order valence-electron chi connectivity index (χ3n) is 9.94. The van der Waals surface area contributed by atoms with Crippen LogP contribution in [-0.2, 0) is 0 Å². The van der Waals surface area contributed by atoms with Gasteiger partial charge in [-0.3, -0.25) is 0 Å². The van der Waals surface area contributed by atoms with E-state index in [1.807, 2.05) is 78.9 Å². The first kappa shape index (κ1) is 32.2. The van der Waals surface area contributed by atoms with Gasteiger partial charge in [0.2, 0.25) is 0 Å². The molecule has 55 heavy (non-hydrogen) atoms. The van der Waals surface area contributed by atoms with Crippen LogP contribution >= 0.6 is 0 Å². The quantitative estimate of drug-likeness (QED) is 0.165. The van der Waals surface area contributed by atoms with Gasteiger partial charge in [0.15, 0.2) is 17.5 Å². The van der Waals surface area contributed by atoms with Crippen molar-refractivity contribution >= 4 is 21.9 Å². The van der Waals surface area contributed by atoms with Crippen LogP contribution in [0.3, 0.4) is 0 Å². The molecule has 258 valence electrons. The van der Waals surface area contributed by atoms with E-state index in [0.29, 0.717) is 17.5 Å². The van der Waals surface area contributed by atoms with Crippen molar-refractivity contribution in [1.29, 1.82) is 0 Å². The molecule has 5 heteroatoms. The number of hydrogen-bond acceptors (Lipinski definition) is 5. The third kappa shape index (κ3) is 6.04. The van der Waals surface area contributed by atoms with E-state index in [0.717, 1.165) is 83.4 Å². The predicted octanol–water partition coefficient (Wildman–Crippen LogP) is 12.8. The lowest BCUT2D eigenvalue weighted by atomic mass is 9.94. The van der Waals surface area contributed by atoms with Crippen molar-refractivity contribution in [2.24, 2.45) is 0 Å². The molecule has 7 aromatic carbocycles. The topological polar surface area (TPSA) is 64.7 Å². The minimum absolute atomic E-state index is 0.621. The van der Waals surface area contributed by atoms with E-state index >= 15 is 0 Å². The summed E-state index contributed by atoms with van der Waals surface area (Å²) in [5.74, 6) is 2.73. The Bertz CT molecular complexity index is 2870. The summed E-state index contributed by atoms with van der Waals surface area (Å²) in [6.07, 6.45) is 0. The van der Waals surface area contributed by atoms with Gasteiger partial charge in [-0.15, -0.1) is 0 Å². The highest BCUT2D eigenvalue weighted by Crippen LogP contribution is 2.47. The van der Waals surface area contributed by atoms with Crippen LogP contribution in [0.1, 0.15) is 0 Å². The normalized spacial score (nSPS) is 11.3. The number of aromatic nitrogens is 4. The van der Waals surface area contributed by atoms with Crippen molar-refractivity contribution < 1.29 is 4.42 Å². The second-order valence-corrected chi connectivity index (χ2v) is 13.4. The SMILES string of the molecule is c1ccc(-c2nc(-c3ccccc3)nc(-c3ccc(-c4ccc5c(c4)nc(-c4ccccc4)c4c(-c6ccccc6)c(-c6ccccc6)oc45)cc3)n2)cc1. The van der Waals surface area contributed by atoms with Gasteiger partial charge in [0, 0.05) is 38.8 Å². The smallest absolute Gasteiger partial charge is 0.164 e. The Hall–Kier alpha value is -7.50. The van der Waals surface area contributed by atoms with Crippen molar-refractivity contribution in [2.45, 2.75) is 0 Å². The first-order valence-corrected chi connectivity index (χ1v) is 18.3. The summed E-state index contributed by atoms with van der Waals surface area (Å²) in [5, 5.41) is 1.96. The fourth-order valence-corrected chi connectivity index (χ4v) is 7.25. The Balaban J connectivity index is 1.11. The maximum Gasteiger partial charge on any atom is 0.164 e. The minimum Gasteiger partial charge on any atom is -0.455 e. The molecule has 0 saturated heterocycles. The number of fused-ring (bicyclic) bond motifs is 3. The van der Waals surface area contributed by atoms with Gasteiger partial charge in [0.05, 0.1) is 16.6 Å². The van der Waals surface area contributed by atoms with E-state index in [1.54, 1.807) is 0 Å². The Morgan fingerprint density at radius 3 is 1.27 bits per heavy atom. The highest BCUT2D eigenvalue weighted by Gasteiger charge is 2.24. The molecule has 3 aromatic heterocycles. The first-order valence-electron chi connectivity index (χ1n) is 18.3.